The lowest BCUT2D eigenvalue weighted by atomic mass is 9.76. The Hall–Kier alpha value is -5.63. The third-order valence-electron chi connectivity index (χ3n) is 8.75. The highest BCUT2D eigenvalue weighted by Crippen LogP contribution is 2.58. The van der Waals surface area contributed by atoms with Gasteiger partial charge < -0.3 is 29.9 Å². The normalized spacial score (nSPS) is 18.2. The molecule has 12 nitrogen and oxygen atoms in total. The number of pyridine rings is 1. The number of aromatic hydroxyl groups is 3. The summed E-state index contributed by atoms with van der Waals surface area (Å²) in [5.74, 6) is -7.41. The molecule has 1 aromatic heterocycles. The number of halogens is 2. The van der Waals surface area contributed by atoms with Crippen LogP contribution in [-0.4, -0.2) is 56.8 Å². The van der Waals surface area contributed by atoms with E-state index in [9.17, 15) is 43.7 Å². The van der Waals surface area contributed by atoms with Crippen LogP contribution in [0.1, 0.15) is 70.2 Å². The molecule has 0 fully saturated rings. The SMILES string of the molecule is COC1=CC(=O)c2c(O)c3c(c(O)c2C1=O)C(=O)[C@]1(CCc2c1c(O)c1c(=O)[nH]c(C=NOCc4cccc(F)c4)cc1c2Br)C3=O. The monoisotopic (exact) mass is 702 g/mol. The largest absolute Gasteiger partial charge is 0.507 e. The van der Waals surface area contributed by atoms with Gasteiger partial charge in [-0.3, -0.25) is 24.0 Å². The summed E-state index contributed by atoms with van der Waals surface area (Å²) >= 11 is 3.47. The number of hydrogen-bond acceptors (Lipinski definition) is 11. The Morgan fingerprint density at radius 1 is 1.00 bits per heavy atom. The number of aromatic amines is 1. The van der Waals surface area contributed by atoms with E-state index in [1.165, 1.54) is 30.5 Å². The van der Waals surface area contributed by atoms with Crippen molar-refractivity contribution in [3.8, 4) is 17.2 Å². The summed E-state index contributed by atoms with van der Waals surface area (Å²) < 4.78 is 18.6. The second-order valence-electron chi connectivity index (χ2n) is 11.2. The zero-order valence-corrected chi connectivity index (χ0v) is 25.7. The first kappa shape index (κ1) is 30.0. The molecular formula is C33H20BrFN2O10. The summed E-state index contributed by atoms with van der Waals surface area (Å²) in [7, 11) is 1.12. The van der Waals surface area contributed by atoms with Gasteiger partial charge in [-0.1, -0.05) is 17.3 Å². The van der Waals surface area contributed by atoms with E-state index in [0.29, 0.717) is 15.6 Å². The third kappa shape index (κ3) is 4.03. The number of aromatic nitrogens is 1. The van der Waals surface area contributed by atoms with E-state index in [1.807, 2.05) is 0 Å². The van der Waals surface area contributed by atoms with Crippen molar-refractivity contribution in [3.63, 3.8) is 0 Å². The molecule has 1 heterocycles. The van der Waals surface area contributed by atoms with Crippen LogP contribution in [0.2, 0.25) is 0 Å². The first-order chi connectivity index (χ1) is 22.4. The fourth-order valence-electron chi connectivity index (χ4n) is 6.70. The number of oxime groups is 1. The summed E-state index contributed by atoms with van der Waals surface area (Å²) in [5.41, 5.74) is -4.83. The van der Waals surface area contributed by atoms with E-state index >= 15 is 0 Å². The lowest BCUT2D eigenvalue weighted by Gasteiger charge is -2.23. The van der Waals surface area contributed by atoms with Gasteiger partial charge in [-0.25, -0.2) is 4.39 Å². The van der Waals surface area contributed by atoms with Crippen molar-refractivity contribution < 1.29 is 48.5 Å². The number of Topliss-reactive ketones (excluding diaryl/α,β-unsaturated/α-hetero) is 3. The Bertz CT molecular complexity index is 2310. The quantitative estimate of drug-likeness (QED) is 0.101. The number of methoxy groups -OCH3 is 1. The summed E-state index contributed by atoms with van der Waals surface area (Å²) in [6, 6.07) is 7.22. The van der Waals surface area contributed by atoms with E-state index in [1.54, 1.807) is 6.07 Å². The van der Waals surface area contributed by atoms with Crippen molar-refractivity contribution in [1.29, 1.82) is 0 Å². The highest BCUT2D eigenvalue weighted by molar-refractivity contribution is 9.10. The second-order valence-corrected chi connectivity index (χ2v) is 12.0. The summed E-state index contributed by atoms with van der Waals surface area (Å²) in [4.78, 5) is 75.3. The molecule has 1 atom stereocenters. The van der Waals surface area contributed by atoms with Crippen LogP contribution in [0.3, 0.4) is 0 Å². The number of phenols is 3. The molecular weight excluding hydrogens is 683 g/mol. The van der Waals surface area contributed by atoms with Crippen LogP contribution in [0.15, 0.2) is 56.6 Å². The molecule has 0 unspecified atom stereocenters. The number of benzene rings is 3. The predicted molar refractivity (Wildman–Crippen MR) is 165 cm³/mol. The van der Waals surface area contributed by atoms with Crippen molar-refractivity contribution in [2.45, 2.75) is 24.9 Å². The number of carbonyl (C=O) groups is 4. The maximum absolute atomic E-state index is 14.2. The number of ether oxygens (including phenoxy) is 1. The smallest absolute Gasteiger partial charge is 0.260 e. The fraction of sp³-hybridized carbons (Fsp3) is 0.152. The van der Waals surface area contributed by atoms with E-state index in [0.717, 1.165) is 13.2 Å². The minimum absolute atomic E-state index is 0.0446. The van der Waals surface area contributed by atoms with E-state index in [4.69, 9.17) is 9.57 Å². The molecule has 0 amide bonds. The Kier molecular flexibility index (Phi) is 6.68. The Morgan fingerprint density at radius 3 is 2.38 bits per heavy atom. The van der Waals surface area contributed by atoms with Gasteiger partial charge in [0.05, 0.1) is 46.7 Å². The fourth-order valence-corrected chi connectivity index (χ4v) is 7.41. The summed E-state index contributed by atoms with van der Waals surface area (Å²) in [6.45, 7) is -0.0446. The highest BCUT2D eigenvalue weighted by Gasteiger charge is 2.62. The topological polar surface area (TPSA) is 193 Å². The first-order valence-corrected chi connectivity index (χ1v) is 14.8. The van der Waals surface area contributed by atoms with Crippen LogP contribution in [0.4, 0.5) is 4.39 Å². The first-order valence-electron chi connectivity index (χ1n) is 14.0. The number of nitrogens with zero attached hydrogens (tertiary/aromatic N) is 1. The van der Waals surface area contributed by atoms with Crippen LogP contribution in [0.25, 0.3) is 10.8 Å². The van der Waals surface area contributed by atoms with Gasteiger partial charge in [0.25, 0.3) is 5.56 Å². The summed E-state index contributed by atoms with van der Waals surface area (Å²) in [6.07, 6.45) is 1.84. The number of hydrogen-bond donors (Lipinski definition) is 4. The van der Waals surface area contributed by atoms with Crippen LogP contribution in [0, 0.1) is 5.82 Å². The van der Waals surface area contributed by atoms with Gasteiger partial charge in [-0.2, -0.15) is 0 Å². The zero-order valence-electron chi connectivity index (χ0n) is 24.1. The van der Waals surface area contributed by atoms with Crippen LogP contribution in [0.5, 0.6) is 17.2 Å². The van der Waals surface area contributed by atoms with E-state index < -0.39 is 85.2 Å². The summed E-state index contributed by atoms with van der Waals surface area (Å²) in [5, 5.41) is 37.7. The van der Waals surface area contributed by atoms with Crippen molar-refractivity contribution >= 4 is 56.0 Å². The van der Waals surface area contributed by atoms with Crippen LogP contribution < -0.4 is 5.56 Å². The molecule has 3 aliphatic rings. The number of fused-ring (bicyclic) bond motifs is 5. The minimum atomic E-state index is -2.18. The maximum atomic E-state index is 14.2. The predicted octanol–water partition coefficient (Wildman–Crippen LogP) is 4.27. The molecule has 14 heteroatoms. The van der Waals surface area contributed by atoms with Gasteiger partial charge in [-0.05, 0) is 58.1 Å². The average Bonchev–Trinajstić information content (AvgIpc) is 3.55. The molecule has 7 rings (SSSR count). The molecule has 4 aromatic rings. The molecule has 4 N–H and O–H groups in total. The standard InChI is InChI=1S/C33H20BrFN2O10/c1-46-18-9-17(38)20-21(26(18)39)28(41)23-22(27(20)40)30(43)33(31(23)44)6-5-15-24(33)29(42)19-16(25(15)34)8-14(37-32(19)45)10-36-47-11-12-3-2-4-13(35)7-12/h2-4,7-10,40-42H,5-6,11H2,1H3,(H,37,45)/t33-/m0/s1. The van der Waals surface area contributed by atoms with Crippen molar-refractivity contribution in [2.75, 3.05) is 7.11 Å². The molecule has 236 valence electrons. The van der Waals surface area contributed by atoms with Crippen molar-refractivity contribution in [1.82, 2.24) is 4.98 Å². The molecule has 3 aliphatic carbocycles. The van der Waals surface area contributed by atoms with Crippen molar-refractivity contribution in [2.24, 2.45) is 5.16 Å². The third-order valence-corrected chi connectivity index (χ3v) is 9.66. The van der Waals surface area contributed by atoms with Crippen LogP contribution in [-0.2, 0) is 28.0 Å². The minimum Gasteiger partial charge on any atom is -0.507 e. The van der Waals surface area contributed by atoms with Gasteiger partial charge in [0.2, 0.25) is 5.78 Å². The molecule has 0 bridgehead atoms. The maximum Gasteiger partial charge on any atom is 0.260 e. The van der Waals surface area contributed by atoms with E-state index in [2.05, 4.69) is 26.1 Å². The van der Waals surface area contributed by atoms with Gasteiger partial charge in [0.1, 0.15) is 35.1 Å². The lowest BCUT2D eigenvalue weighted by molar-refractivity contribution is 0.0790. The molecule has 1 spiro atoms. The van der Waals surface area contributed by atoms with Crippen molar-refractivity contribution in [3.05, 3.63) is 107 Å². The number of phenolic OH excluding ortho intramolecular Hbond substituents is 3. The molecule has 3 aromatic carbocycles. The van der Waals surface area contributed by atoms with Gasteiger partial charge in [0, 0.05) is 21.5 Å². The molecule has 0 saturated carbocycles. The highest BCUT2D eigenvalue weighted by atomic mass is 79.9. The van der Waals surface area contributed by atoms with Gasteiger partial charge in [0.15, 0.2) is 23.1 Å². The Labute approximate surface area is 270 Å². The van der Waals surface area contributed by atoms with E-state index in [-0.39, 0.29) is 41.5 Å². The number of carbonyl (C=O) groups excluding carboxylic acids is 4. The molecule has 0 saturated heterocycles. The number of H-pyrrole nitrogens is 1. The average molecular weight is 703 g/mol. The van der Waals surface area contributed by atoms with Gasteiger partial charge in [-0.15, -0.1) is 0 Å². The number of allylic oxidation sites excluding steroid dienone is 2. The lowest BCUT2D eigenvalue weighted by Crippen LogP contribution is -2.36. The molecule has 0 radical (unpaired) electrons. The number of rotatable bonds is 5. The molecule has 47 heavy (non-hydrogen) atoms. The van der Waals surface area contributed by atoms with Gasteiger partial charge >= 0.3 is 0 Å². The number of ketones is 4. The second kappa shape index (κ2) is 10.5. The molecule has 0 aliphatic heterocycles. The number of nitrogens with one attached hydrogen (secondary N) is 1. The Morgan fingerprint density at radius 2 is 1.70 bits per heavy atom. The zero-order chi connectivity index (χ0) is 33.5. The Balaban J connectivity index is 1.33. The van der Waals surface area contributed by atoms with Crippen LogP contribution >= 0.6 is 15.9 Å².